The van der Waals surface area contributed by atoms with Crippen molar-refractivity contribution in [1.29, 1.82) is 0 Å². The van der Waals surface area contributed by atoms with Crippen LogP contribution in [-0.4, -0.2) is 21.8 Å². The van der Waals surface area contributed by atoms with Crippen molar-refractivity contribution >= 4 is 11.6 Å². The van der Waals surface area contributed by atoms with Crippen molar-refractivity contribution in [2.75, 3.05) is 0 Å². The maximum atomic E-state index is 11.4. The third-order valence-electron chi connectivity index (χ3n) is 2.21. The van der Waals surface area contributed by atoms with Crippen molar-refractivity contribution in [3.8, 4) is 11.5 Å². The first-order valence-corrected chi connectivity index (χ1v) is 5.01. The van der Waals surface area contributed by atoms with Crippen LogP contribution in [0.3, 0.4) is 0 Å². The zero-order valence-corrected chi connectivity index (χ0v) is 9.06. The summed E-state index contributed by atoms with van der Waals surface area (Å²) < 4.78 is 0. The lowest BCUT2D eigenvalue weighted by Crippen LogP contribution is -2.05. The van der Waals surface area contributed by atoms with E-state index in [2.05, 4.69) is 0 Å². The molecule has 0 aliphatic carbocycles. The van der Waals surface area contributed by atoms with Crippen LogP contribution in [0.4, 0.5) is 0 Å². The van der Waals surface area contributed by atoms with Crippen molar-refractivity contribution in [2.45, 2.75) is 26.2 Å². The van der Waals surface area contributed by atoms with Crippen LogP contribution in [0.2, 0.25) is 0 Å². The van der Waals surface area contributed by atoms with Crippen LogP contribution in [0.25, 0.3) is 0 Å². The summed E-state index contributed by atoms with van der Waals surface area (Å²) in [5.41, 5.74) is 0.383. The fourth-order valence-electron chi connectivity index (χ4n) is 1.33. The van der Waals surface area contributed by atoms with E-state index < -0.39 is 0 Å². The van der Waals surface area contributed by atoms with Gasteiger partial charge in [0.15, 0.2) is 0 Å². The fraction of sp³-hybridized carbons (Fsp3) is 0.333. The lowest BCUT2D eigenvalue weighted by atomic mass is 10.0. The second kappa shape index (κ2) is 5.30. The van der Waals surface area contributed by atoms with Gasteiger partial charge in [-0.1, -0.05) is 0 Å². The molecule has 2 N–H and O–H groups in total. The Balaban J connectivity index is 2.62. The molecular weight excluding hydrogens is 208 g/mol. The molecule has 0 amide bonds. The highest BCUT2D eigenvalue weighted by molar-refractivity contribution is 5.86. The molecule has 0 bridgehead atoms. The largest absolute Gasteiger partial charge is 0.508 e. The number of phenols is 2. The van der Waals surface area contributed by atoms with Gasteiger partial charge < -0.3 is 15.0 Å². The summed E-state index contributed by atoms with van der Waals surface area (Å²) in [7, 11) is 0. The second-order valence-corrected chi connectivity index (χ2v) is 3.73. The standard InChI is InChI=1S/C12H14O4/c1-8(13)2-3-10(14)6-9-7-11(15)4-5-12(9)16/h4-5,7,15-16H,2-3,6H2,1H3. The van der Waals surface area contributed by atoms with Crippen molar-refractivity contribution in [2.24, 2.45) is 0 Å². The Hall–Kier alpha value is -1.84. The molecule has 4 nitrogen and oxygen atoms in total. The molecule has 0 heterocycles. The lowest BCUT2D eigenvalue weighted by molar-refractivity contribution is -0.122. The van der Waals surface area contributed by atoms with Crippen LogP contribution in [0.1, 0.15) is 25.3 Å². The Labute approximate surface area is 93.5 Å². The van der Waals surface area contributed by atoms with E-state index in [1.54, 1.807) is 0 Å². The van der Waals surface area contributed by atoms with Crippen LogP contribution in [0.15, 0.2) is 18.2 Å². The molecule has 0 aliphatic heterocycles. The number of aromatic hydroxyl groups is 2. The molecule has 86 valence electrons. The second-order valence-electron chi connectivity index (χ2n) is 3.73. The first-order valence-electron chi connectivity index (χ1n) is 5.01. The van der Waals surface area contributed by atoms with Gasteiger partial charge in [0.1, 0.15) is 23.1 Å². The van der Waals surface area contributed by atoms with Gasteiger partial charge in [0, 0.05) is 24.8 Å². The van der Waals surface area contributed by atoms with Gasteiger partial charge in [-0.05, 0) is 25.1 Å². The first-order chi connectivity index (χ1) is 7.49. The molecule has 4 heteroatoms. The van der Waals surface area contributed by atoms with Gasteiger partial charge in [-0.3, -0.25) is 4.79 Å². The van der Waals surface area contributed by atoms with E-state index in [9.17, 15) is 19.8 Å². The third kappa shape index (κ3) is 3.73. The number of carbonyl (C=O) groups is 2. The SMILES string of the molecule is CC(=O)CCC(=O)Cc1cc(O)ccc1O. The minimum absolute atomic E-state index is 0.00664. The Kier molecular flexibility index (Phi) is 4.05. The summed E-state index contributed by atoms with van der Waals surface area (Å²) >= 11 is 0. The third-order valence-corrected chi connectivity index (χ3v) is 2.21. The molecule has 1 aromatic rings. The molecular formula is C12H14O4. The van der Waals surface area contributed by atoms with Crippen molar-refractivity contribution in [3.05, 3.63) is 23.8 Å². The number of ketones is 2. The predicted octanol–water partition coefficient (Wildman–Crippen LogP) is 1.58. The van der Waals surface area contributed by atoms with Crippen LogP contribution in [0.5, 0.6) is 11.5 Å². The van der Waals surface area contributed by atoms with Crippen molar-refractivity contribution < 1.29 is 19.8 Å². The molecule has 0 aliphatic rings. The van der Waals surface area contributed by atoms with Crippen LogP contribution >= 0.6 is 0 Å². The Bertz CT molecular complexity index is 409. The highest BCUT2D eigenvalue weighted by Crippen LogP contribution is 2.22. The van der Waals surface area contributed by atoms with Crippen molar-refractivity contribution in [1.82, 2.24) is 0 Å². The molecule has 0 aromatic heterocycles. The number of phenolic OH excluding ortho intramolecular Hbond substituents is 2. The smallest absolute Gasteiger partial charge is 0.137 e. The zero-order chi connectivity index (χ0) is 12.1. The predicted molar refractivity (Wildman–Crippen MR) is 58.4 cm³/mol. The molecule has 0 spiro atoms. The normalized spacial score (nSPS) is 10.1. The van der Waals surface area contributed by atoms with Gasteiger partial charge in [0.2, 0.25) is 0 Å². The quantitative estimate of drug-likeness (QED) is 0.742. The van der Waals surface area contributed by atoms with E-state index in [1.165, 1.54) is 25.1 Å². The van der Waals surface area contributed by atoms with E-state index in [4.69, 9.17) is 0 Å². The van der Waals surface area contributed by atoms with E-state index in [0.717, 1.165) is 0 Å². The summed E-state index contributed by atoms with van der Waals surface area (Å²) in [5.74, 6) is -0.175. The topological polar surface area (TPSA) is 74.6 Å². The summed E-state index contributed by atoms with van der Waals surface area (Å²) in [6.07, 6.45) is 0.427. The van der Waals surface area contributed by atoms with E-state index >= 15 is 0 Å². The van der Waals surface area contributed by atoms with Gasteiger partial charge in [-0.2, -0.15) is 0 Å². The minimum Gasteiger partial charge on any atom is -0.508 e. The van der Waals surface area contributed by atoms with Crippen LogP contribution in [0, 0.1) is 0 Å². The van der Waals surface area contributed by atoms with E-state index in [-0.39, 0.29) is 42.3 Å². The number of rotatable bonds is 5. The van der Waals surface area contributed by atoms with Gasteiger partial charge >= 0.3 is 0 Å². The number of Topliss-reactive ketones (excluding diaryl/α,β-unsaturated/α-hetero) is 2. The Morgan fingerprint density at radius 2 is 1.88 bits per heavy atom. The van der Waals surface area contributed by atoms with Gasteiger partial charge in [0.25, 0.3) is 0 Å². The van der Waals surface area contributed by atoms with Gasteiger partial charge in [0.05, 0.1) is 0 Å². The Morgan fingerprint density at radius 3 is 2.50 bits per heavy atom. The molecule has 1 aromatic carbocycles. The highest BCUT2D eigenvalue weighted by atomic mass is 16.3. The van der Waals surface area contributed by atoms with Gasteiger partial charge in [-0.25, -0.2) is 0 Å². The van der Waals surface area contributed by atoms with Gasteiger partial charge in [-0.15, -0.1) is 0 Å². The molecule has 0 fully saturated rings. The average Bonchev–Trinajstić information content (AvgIpc) is 2.20. The van der Waals surface area contributed by atoms with E-state index in [1.807, 2.05) is 0 Å². The molecule has 1 rings (SSSR count). The number of benzene rings is 1. The lowest BCUT2D eigenvalue weighted by Gasteiger charge is -2.04. The Morgan fingerprint density at radius 1 is 1.19 bits per heavy atom. The maximum Gasteiger partial charge on any atom is 0.137 e. The summed E-state index contributed by atoms with van der Waals surface area (Å²) in [4.78, 5) is 22.1. The molecule has 0 atom stereocenters. The number of carbonyl (C=O) groups excluding carboxylic acids is 2. The monoisotopic (exact) mass is 222 g/mol. The first kappa shape index (κ1) is 12.2. The van der Waals surface area contributed by atoms with Crippen LogP contribution in [-0.2, 0) is 16.0 Å². The average molecular weight is 222 g/mol. The highest BCUT2D eigenvalue weighted by Gasteiger charge is 2.09. The minimum atomic E-state index is -0.129. The number of hydrogen-bond donors (Lipinski definition) is 2. The number of hydrogen-bond acceptors (Lipinski definition) is 4. The maximum absolute atomic E-state index is 11.4. The summed E-state index contributed by atoms with van der Waals surface area (Å²) in [6, 6.07) is 4.03. The fourth-order valence-corrected chi connectivity index (χ4v) is 1.33. The zero-order valence-electron chi connectivity index (χ0n) is 9.06. The molecule has 0 radical (unpaired) electrons. The molecule has 0 unspecified atom stereocenters. The molecule has 0 saturated carbocycles. The summed E-state index contributed by atoms with van der Waals surface area (Å²) in [5, 5.41) is 18.6. The van der Waals surface area contributed by atoms with E-state index in [0.29, 0.717) is 5.56 Å². The van der Waals surface area contributed by atoms with Crippen LogP contribution < -0.4 is 0 Å². The van der Waals surface area contributed by atoms with Crippen molar-refractivity contribution in [3.63, 3.8) is 0 Å². The molecule has 0 saturated heterocycles. The molecule has 16 heavy (non-hydrogen) atoms. The summed E-state index contributed by atoms with van der Waals surface area (Å²) in [6.45, 7) is 1.43.